The molecule has 134 valence electrons. The van der Waals surface area contributed by atoms with Gasteiger partial charge in [0.25, 0.3) is 0 Å². The zero-order valence-electron chi connectivity index (χ0n) is 14.9. The highest BCUT2D eigenvalue weighted by molar-refractivity contribution is 9.10. The van der Waals surface area contributed by atoms with Gasteiger partial charge in [0.2, 0.25) is 0 Å². The second kappa shape index (κ2) is 7.89. The normalized spacial score (nSPS) is 16.2. The first kappa shape index (κ1) is 17.7. The molecule has 0 saturated heterocycles. The third-order valence-corrected chi connectivity index (χ3v) is 6.27. The number of hydrogen-bond acceptors (Lipinski definition) is 3. The topological polar surface area (TPSA) is 30.2 Å². The fraction of sp³-hybridized carbons (Fsp3) is 0.333. The lowest BCUT2D eigenvalue weighted by Crippen LogP contribution is -2.23. The zero-order chi connectivity index (χ0) is 17.9. The van der Waals surface area contributed by atoms with Gasteiger partial charge in [0, 0.05) is 21.6 Å². The van der Waals surface area contributed by atoms with E-state index in [1.807, 2.05) is 25.1 Å². The largest absolute Gasteiger partial charge is 0.313 e. The van der Waals surface area contributed by atoms with Crippen LogP contribution in [0, 0.1) is 6.92 Å². The summed E-state index contributed by atoms with van der Waals surface area (Å²) in [6.45, 7) is 2.01. The number of rotatable bonds is 3. The van der Waals surface area contributed by atoms with Crippen LogP contribution in [0.25, 0.3) is 11.3 Å². The van der Waals surface area contributed by atoms with Crippen molar-refractivity contribution in [3.8, 4) is 11.3 Å². The number of hydrogen-bond donors (Lipinski definition) is 0. The summed E-state index contributed by atoms with van der Waals surface area (Å²) in [5.74, 6) is 0.791. The molecule has 4 rings (SSSR count). The van der Waals surface area contributed by atoms with Crippen LogP contribution in [0.1, 0.15) is 43.8 Å². The number of thiazole rings is 1. The van der Waals surface area contributed by atoms with E-state index in [-0.39, 0.29) is 0 Å². The van der Waals surface area contributed by atoms with Gasteiger partial charge in [-0.05, 0) is 49.6 Å². The molecule has 3 aromatic rings. The standard InChI is InChI=1S/C21H22BrN3S/c1-15-6-5-9-20(23-15)24-21-25(18-7-3-2-4-8-18)19(14-26-21)16-10-12-17(22)13-11-16/h5-6,9-14,18H,2-4,7-8H2,1H3/b24-21-. The molecule has 0 spiro atoms. The second-order valence-electron chi connectivity index (χ2n) is 6.82. The smallest absolute Gasteiger partial charge is 0.192 e. The van der Waals surface area contributed by atoms with E-state index in [0.717, 1.165) is 20.8 Å². The minimum absolute atomic E-state index is 0.525. The third kappa shape index (κ3) is 3.84. The summed E-state index contributed by atoms with van der Waals surface area (Å²) >= 11 is 5.25. The van der Waals surface area contributed by atoms with Crippen molar-refractivity contribution in [3.63, 3.8) is 0 Å². The summed E-state index contributed by atoms with van der Waals surface area (Å²) in [5.41, 5.74) is 3.51. The zero-order valence-corrected chi connectivity index (χ0v) is 17.3. The molecule has 2 heterocycles. The molecule has 1 saturated carbocycles. The highest BCUT2D eigenvalue weighted by Crippen LogP contribution is 2.32. The molecule has 0 bridgehead atoms. The average Bonchev–Trinajstić information content (AvgIpc) is 3.06. The monoisotopic (exact) mass is 427 g/mol. The van der Waals surface area contributed by atoms with Crippen molar-refractivity contribution in [2.45, 2.75) is 45.1 Å². The van der Waals surface area contributed by atoms with Crippen LogP contribution >= 0.6 is 27.3 Å². The molecule has 0 amide bonds. The Bertz CT molecular complexity index is 950. The molecule has 5 heteroatoms. The molecule has 1 aliphatic rings. The van der Waals surface area contributed by atoms with Gasteiger partial charge >= 0.3 is 0 Å². The van der Waals surface area contributed by atoms with Crippen molar-refractivity contribution < 1.29 is 0 Å². The lowest BCUT2D eigenvalue weighted by Gasteiger charge is -2.25. The molecule has 26 heavy (non-hydrogen) atoms. The Kier molecular flexibility index (Phi) is 5.36. The van der Waals surface area contributed by atoms with Crippen LogP contribution in [0.2, 0.25) is 0 Å². The minimum Gasteiger partial charge on any atom is -0.313 e. The Morgan fingerprint density at radius 2 is 1.85 bits per heavy atom. The molecular weight excluding hydrogens is 406 g/mol. The first-order valence-corrected chi connectivity index (χ1v) is 10.8. The Balaban J connectivity index is 1.85. The number of benzene rings is 1. The van der Waals surface area contributed by atoms with Gasteiger partial charge in [-0.25, -0.2) is 9.98 Å². The summed E-state index contributed by atoms with van der Waals surface area (Å²) in [6, 6.07) is 15.1. The Labute approximate surface area is 166 Å². The summed E-state index contributed by atoms with van der Waals surface area (Å²) < 4.78 is 3.56. The van der Waals surface area contributed by atoms with Gasteiger partial charge in [0.05, 0.1) is 5.69 Å². The van der Waals surface area contributed by atoms with E-state index in [9.17, 15) is 0 Å². The van der Waals surface area contributed by atoms with Gasteiger partial charge < -0.3 is 4.57 Å². The van der Waals surface area contributed by atoms with Crippen LogP contribution in [0.4, 0.5) is 5.82 Å². The number of pyridine rings is 1. The maximum atomic E-state index is 4.90. The molecule has 0 N–H and O–H groups in total. The SMILES string of the molecule is Cc1cccc(/N=c2\scc(-c3ccc(Br)cc3)n2C2CCCCC2)n1. The number of aryl methyl sites for hydroxylation is 1. The summed E-state index contributed by atoms with van der Waals surface area (Å²) in [6.07, 6.45) is 6.41. The van der Waals surface area contributed by atoms with Gasteiger partial charge in [-0.3, -0.25) is 0 Å². The predicted molar refractivity (Wildman–Crippen MR) is 112 cm³/mol. The van der Waals surface area contributed by atoms with E-state index in [2.05, 4.69) is 55.1 Å². The molecule has 0 unspecified atom stereocenters. The van der Waals surface area contributed by atoms with E-state index in [0.29, 0.717) is 6.04 Å². The van der Waals surface area contributed by atoms with Crippen molar-refractivity contribution in [1.82, 2.24) is 9.55 Å². The van der Waals surface area contributed by atoms with E-state index in [1.165, 1.54) is 43.4 Å². The van der Waals surface area contributed by atoms with Crippen molar-refractivity contribution in [2.75, 3.05) is 0 Å². The van der Waals surface area contributed by atoms with Crippen molar-refractivity contribution in [1.29, 1.82) is 0 Å². The molecular formula is C21H22BrN3S. The highest BCUT2D eigenvalue weighted by atomic mass is 79.9. The van der Waals surface area contributed by atoms with Gasteiger partial charge in [-0.2, -0.15) is 0 Å². The number of aromatic nitrogens is 2. The van der Waals surface area contributed by atoms with Crippen LogP contribution in [-0.4, -0.2) is 9.55 Å². The van der Waals surface area contributed by atoms with Gasteiger partial charge in [0.15, 0.2) is 10.6 Å². The fourth-order valence-corrected chi connectivity index (χ4v) is 4.85. The molecule has 0 aliphatic heterocycles. The van der Waals surface area contributed by atoms with E-state index >= 15 is 0 Å². The van der Waals surface area contributed by atoms with Crippen molar-refractivity contribution >= 4 is 33.1 Å². The molecule has 1 aromatic carbocycles. The summed E-state index contributed by atoms with van der Waals surface area (Å²) in [5, 5.41) is 2.24. The second-order valence-corrected chi connectivity index (χ2v) is 8.57. The summed E-state index contributed by atoms with van der Waals surface area (Å²) in [4.78, 5) is 10.5. The first-order chi connectivity index (χ1) is 12.7. The minimum atomic E-state index is 0.525. The lowest BCUT2D eigenvalue weighted by molar-refractivity contribution is 0.351. The molecule has 0 atom stereocenters. The van der Waals surface area contributed by atoms with E-state index in [4.69, 9.17) is 4.99 Å². The number of halogens is 1. The van der Waals surface area contributed by atoms with E-state index < -0.39 is 0 Å². The van der Waals surface area contributed by atoms with Crippen LogP contribution in [0.5, 0.6) is 0 Å². The Hall–Kier alpha value is -1.72. The van der Waals surface area contributed by atoms with Crippen LogP contribution in [0.15, 0.2) is 57.3 Å². The van der Waals surface area contributed by atoms with Crippen LogP contribution in [-0.2, 0) is 0 Å². The van der Waals surface area contributed by atoms with Gasteiger partial charge in [-0.15, -0.1) is 11.3 Å². The quantitative estimate of drug-likeness (QED) is 0.473. The maximum Gasteiger partial charge on any atom is 0.192 e. The van der Waals surface area contributed by atoms with Crippen LogP contribution in [0.3, 0.4) is 0 Å². The van der Waals surface area contributed by atoms with Gasteiger partial charge in [0.1, 0.15) is 0 Å². The first-order valence-electron chi connectivity index (χ1n) is 9.15. The third-order valence-electron chi connectivity index (χ3n) is 4.91. The van der Waals surface area contributed by atoms with Crippen LogP contribution < -0.4 is 4.80 Å². The molecule has 2 aromatic heterocycles. The predicted octanol–water partition coefficient (Wildman–Crippen LogP) is 6.42. The number of nitrogens with zero attached hydrogens (tertiary/aromatic N) is 3. The molecule has 0 radical (unpaired) electrons. The van der Waals surface area contributed by atoms with E-state index in [1.54, 1.807) is 11.3 Å². The van der Waals surface area contributed by atoms with Crippen molar-refractivity contribution in [3.05, 3.63) is 62.8 Å². The average molecular weight is 428 g/mol. The Morgan fingerprint density at radius 3 is 2.58 bits per heavy atom. The molecule has 1 aliphatic carbocycles. The Morgan fingerprint density at radius 1 is 1.08 bits per heavy atom. The highest BCUT2D eigenvalue weighted by Gasteiger charge is 2.20. The molecule has 3 nitrogen and oxygen atoms in total. The fourth-order valence-electron chi connectivity index (χ4n) is 3.61. The lowest BCUT2D eigenvalue weighted by atomic mass is 9.95. The summed E-state index contributed by atoms with van der Waals surface area (Å²) in [7, 11) is 0. The molecule has 1 fully saturated rings. The maximum absolute atomic E-state index is 4.90. The van der Waals surface area contributed by atoms with Crippen molar-refractivity contribution in [2.24, 2.45) is 4.99 Å². The van der Waals surface area contributed by atoms with Gasteiger partial charge in [-0.1, -0.05) is 53.4 Å².